The van der Waals surface area contributed by atoms with Gasteiger partial charge < -0.3 is 9.47 Å². The summed E-state index contributed by atoms with van der Waals surface area (Å²) in [6.07, 6.45) is 2.75. The first-order valence-corrected chi connectivity index (χ1v) is 11.1. The van der Waals surface area contributed by atoms with Crippen molar-refractivity contribution >= 4 is 8.80 Å². The molecule has 0 aliphatic heterocycles. The number of ether oxygens (including phenoxy) is 2. The average molecular weight is 307 g/mol. The van der Waals surface area contributed by atoms with E-state index in [1.807, 2.05) is 6.07 Å². The summed E-state index contributed by atoms with van der Waals surface area (Å²) in [5.41, 5.74) is 1.26. The molecule has 21 heavy (non-hydrogen) atoms. The van der Waals surface area contributed by atoms with E-state index in [9.17, 15) is 0 Å². The molecule has 0 saturated heterocycles. The second-order valence-electron chi connectivity index (χ2n) is 7.41. The monoisotopic (exact) mass is 306 g/mol. The van der Waals surface area contributed by atoms with Crippen LogP contribution >= 0.6 is 0 Å². The molecule has 0 aromatic heterocycles. The van der Waals surface area contributed by atoms with Crippen molar-refractivity contribution in [2.75, 3.05) is 13.2 Å². The maximum absolute atomic E-state index is 5.95. The first-order chi connectivity index (χ1) is 9.97. The molecule has 1 fully saturated rings. The van der Waals surface area contributed by atoms with E-state index in [2.05, 4.69) is 51.2 Å². The predicted octanol–water partition coefficient (Wildman–Crippen LogP) is 4.27. The van der Waals surface area contributed by atoms with Crippen molar-refractivity contribution in [3.05, 3.63) is 35.9 Å². The van der Waals surface area contributed by atoms with E-state index in [0.717, 1.165) is 32.7 Å². The highest BCUT2D eigenvalue weighted by Crippen LogP contribution is 2.33. The van der Waals surface area contributed by atoms with Crippen LogP contribution in [0.5, 0.6) is 0 Å². The van der Waals surface area contributed by atoms with Crippen LogP contribution in [0.3, 0.4) is 0 Å². The van der Waals surface area contributed by atoms with Crippen molar-refractivity contribution in [2.24, 2.45) is 5.92 Å². The Hall–Kier alpha value is -0.643. The number of hydrogen-bond donors (Lipinski definition) is 0. The van der Waals surface area contributed by atoms with Crippen molar-refractivity contribution in [2.45, 2.75) is 57.5 Å². The Kier molecular flexibility index (Phi) is 6.03. The molecular formula is C18H30O2Si. The zero-order chi connectivity index (χ0) is 15.3. The van der Waals surface area contributed by atoms with E-state index in [1.54, 1.807) is 0 Å². The van der Waals surface area contributed by atoms with Crippen LogP contribution in [0.1, 0.15) is 32.3 Å². The van der Waals surface area contributed by atoms with Crippen LogP contribution in [0.25, 0.3) is 0 Å². The molecule has 1 aromatic carbocycles. The van der Waals surface area contributed by atoms with E-state index >= 15 is 0 Å². The van der Waals surface area contributed by atoms with Gasteiger partial charge in [0.15, 0.2) is 0 Å². The van der Waals surface area contributed by atoms with Crippen LogP contribution in [0.2, 0.25) is 18.1 Å². The van der Waals surface area contributed by atoms with E-state index in [4.69, 9.17) is 9.47 Å². The second-order valence-corrected chi connectivity index (χ2v) is 11.3. The molecule has 2 nitrogen and oxygen atoms in total. The molecule has 118 valence electrons. The predicted molar refractivity (Wildman–Crippen MR) is 91.5 cm³/mol. The molecule has 1 aliphatic carbocycles. The molecule has 0 heterocycles. The van der Waals surface area contributed by atoms with Crippen molar-refractivity contribution in [1.82, 2.24) is 0 Å². The standard InChI is InChI=1S/C18H30O2Si/c1-18(2,21(3)4)14-19-12-16-10-17(11-16)20-13-15-8-6-5-7-9-15/h5-9,16-17,21H,10-14H2,1-4H3. The minimum atomic E-state index is -0.642. The Balaban J connectivity index is 1.56. The average Bonchev–Trinajstić information content (AvgIpc) is 2.41. The quantitative estimate of drug-likeness (QED) is 0.668. The minimum absolute atomic E-state index is 0.410. The summed E-state index contributed by atoms with van der Waals surface area (Å²) < 4.78 is 11.9. The van der Waals surface area contributed by atoms with Gasteiger partial charge >= 0.3 is 0 Å². The van der Waals surface area contributed by atoms with Crippen molar-refractivity contribution in [3.63, 3.8) is 0 Å². The van der Waals surface area contributed by atoms with Gasteiger partial charge in [0.1, 0.15) is 0 Å². The highest BCUT2D eigenvalue weighted by atomic mass is 28.3. The van der Waals surface area contributed by atoms with Crippen molar-refractivity contribution < 1.29 is 9.47 Å². The maximum atomic E-state index is 5.95. The largest absolute Gasteiger partial charge is 0.381 e. The van der Waals surface area contributed by atoms with Gasteiger partial charge in [0.05, 0.1) is 12.7 Å². The first-order valence-electron chi connectivity index (χ1n) is 8.20. The molecule has 2 rings (SSSR count). The van der Waals surface area contributed by atoms with E-state index < -0.39 is 8.80 Å². The summed E-state index contributed by atoms with van der Waals surface area (Å²) >= 11 is 0. The van der Waals surface area contributed by atoms with Crippen LogP contribution in [-0.4, -0.2) is 28.1 Å². The van der Waals surface area contributed by atoms with Gasteiger partial charge in [-0.15, -0.1) is 0 Å². The van der Waals surface area contributed by atoms with Gasteiger partial charge in [-0.05, 0) is 29.4 Å². The number of hydrogen-bond acceptors (Lipinski definition) is 2. The van der Waals surface area contributed by atoms with Gasteiger partial charge in [-0.1, -0.05) is 57.3 Å². The summed E-state index contributed by atoms with van der Waals surface area (Å²) in [5, 5.41) is 0.410. The molecule has 3 heteroatoms. The lowest BCUT2D eigenvalue weighted by molar-refractivity contribution is -0.0653. The highest BCUT2D eigenvalue weighted by Gasteiger charge is 2.31. The zero-order valence-corrected chi connectivity index (χ0v) is 15.1. The summed E-state index contributed by atoms with van der Waals surface area (Å²) in [6, 6.07) is 10.4. The molecule has 0 atom stereocenters. The van der Waals surface area contributed by atoms with Crippen molar-refractivity contribution in [1.29, 1.82) is 0 Å². The SMILES string of the molecule is C[SiH](C)C(C)(C)COCC1CC(OCc2ccccc2)C1. The molecule has 1 aliphatic rings. The molecule has 0 spiro atoms. The Labute approximate surface area is 131 Å². The van der Waals surface area contributed by atoms with Crippen LogP contribution in [-0.2, 0) is 16.1 Å². The number of benzene rings is 1. The van der Waals surface area contributed by atoms with Crippen LogP contribution in [0, 0.1) is 5.92 Å². The lowest BCUT2D eigenvalue weighted by Gasteiger charge is -2.36. The minimum Gasteiger partial charge on any atom is -0.381 e. The molecule has 0 unspecified atom stereocenters. The van der Waals surface area contributed by atoms with Gasteiger partial charge in [-0.3, -0.25) is 0 Å². The summed E-state index contributed by atoms with van der Waals surface area (Å²) in [4.78, 5) is 0. The first kappa shape index (κ1) is 16.7. The second kappa shape index (κ2) is 7.57. The van der Waals surface area contributed by atoms with E-state index in [1.165, 1.54) is 5.56 Å². The Bertz CT molecular complexity index is 410. The van der Waals surface area contributed by atoms with Gasteiger partial charge in [0.25, 0.3) is 0 Å². The smallest absolute Gasteiger partial charge is 0.0720 e. The molecule has 1 saturated carbocycles. The molecule has 1 aromatic rings. The normalized spacial score (nSPS) is 22.3. The molecular weight excluding hydrogens is 276 g/mol. The van der Waals surface area contributed by atoms with Gasteiger partial charge in [0, 0.05) is 22.0 Å². The zero-order valence-electron chi connectivity index (χ0n) is 14.0. The molecule has 0 amide bonds. The number of rotatable bonds is 8. The third kappa shape index (κ3) is 5.24. The van der Waals surface area contributed by atoms with E-state index in [-0.39, 0.29) is 0 Å². The maximum Gasteiger partial charge on any atom is 0.0720 e. The van der Waals surface area contributed by atoms with Crippen LogP contribution in [0.4, 0.5) is 0 Å². The Morgan fingerprint density at radius 3 is 2.43 bits per heavy atom. The highest BCUT2D eigenvalue weighted by molar-refractivity contribution is 6.59. The van der Waals surface area contributed by atoms with Crippen LogP contribution in [0.15, 0.2) is 30.3 Å². The summed E-state index contributed by atoms with van der Waals surface area (Å²) in [6.45, 7) is 12.1. The van der Waals surface area contributed by atoms with Gasteiger partial charge in [0.2, 0.25) is 0 Å². The van der Waals surface area contributed by atoms with Gasteiger partial charge in [-0.2, -0.15) is 0 Å². The topological polar surface area (TPSA) is 18.5 Å². The third-order valence-corrected chi connectivity index (χ3v) is 8.20. The Morgan fingerprint density at radius 1 is 1.14 bits per heavy atom. The molecule has 0 bridgehead atoms. The summed E-state index contributed by atoms with van der Waals surface area (Å²) in [5.74, 6) is 0.704. The van der Waals surface area contributed by atoms with Crippen LogP contribution < -0.4 is 0 Å². The molecule has 0 N–H and O–H groups in total. The van der Waals surface area contributed by atoms with E-state index in [0.29, 0.717) is 17.1 Å². The third-order valence-electron chi connectivity index (χ3n) is 4.91. The molecule has 0 radical (unpaired) electrons. The lowest BCUT2D eigenvalue weighted by atomic mass is 9.83. The van der Waals surface area contributed by atoms with Gasteiger partial charge in [-0.25, -0.2) is 0 Å². The fourth-order valence-electron chi connectivity index (χ4n) is 2.39. The fourth-order valence-corrected chi connectivity index (χ4v) is 2.84. The van der Waals surface area contributed by atoms with Crippen molar-refractivity contribution in [3.8, 4) is 0 Å². The Morgan fingerprint density at radius 2 is 1.81 bits per heavy atom. The lowest BCUT2D eigenvalue weighted by Crippen LogP contribution is -2.35. The fraction of sp³-hybridized carbons (Fsp3) is 0.667. The summed E-state index contributed by atoms with van der Waals surface area (Å²) in [7, 11) is -0.642.